The molecule has 28 heavy (non-hydrogen) atoms. The minimum Gasteiger partial charge on any atom is -0.506 e. The number of aryl methyl sites for hydroxylation is 1. The van der Waals surface area contributed by atoms with Crippen molar-refractivity contribution >= 4 is 66.6 Å². The van der Waals surface area contributed by atoms with E-state index in [-0.39, 0.29) is 11.3 Å². The van der Waals surface area contributed by atoms with E-state index in [4.69, 9.17) is 0 Å². The third-order valence-electron chi connectivity index (χ3n) is 4.20. The molecule has 0 bridgehead atoms. The van der Waals surface area contributed by atoms with Crippen LogP contribution in [0.4, 0.5) is 0 Å². The number of hydrogen-bond donors (Lipinski definition) is 2. The summed E-state index contributed by atoms with van der Waals surface area (Å²) in [7, 11) is 0. The largest absolute Gasteiger partial charge is 0.506 e. The maximum absolute atomic E-state index is 12.3. The van der Waals surface area contributed by atoms with Crippen molar-refractivity contribution in [2.45, 2.75) is 13.8 Å². The Hall–Kier alpha value is -1.65. The van der Waals surface area contributed by atoms with Crippen molar-refractivity contribution in [3.63, 3.8) is 0 Å². The van der Waals surface area contributed by atoms with Gasteiger partial charge in [0.25, 0.3) is 5.91 Å². The highest BCUT2D eigenvalue weighted by Gasteiger charge is 2.15. The monoisotopic (exact) mass is 615 g/mol. The summed E-state index contributed by atoms with van der Waals surface area (Å²) in [5, 5.41) is 14.1. The Kier molecular flexibility index (Phi) is 6.61. The van der Waals surface area contributed by atoms with Crippen molar-refractivity contribution < 1.29 is 9.90 Å². The first-order valence-corrected chi connectivity index (χ1v) is 10.9. The first-order chi connectivity index (χ1) is 13.3. The van der Waals surface area contributed by atoms with Crippen molar-refractivity contribution in [2.75, 3.05) is 0 Å². The van der Waals surface area contributed by atoms with Gasteiger partial charge in [0.1, 0.15) is 5.75 Å². The van der Waals surface area contributed by atoms with E-state index in [0.29, 0.717) is 8.95 Å². The van der Waals surface area contributed by atoms with Crippen LogP contribution in [-0.2, 0) is 0 Å². The average Bonchev–Trinajstić information content (AvgIpc) is 2.92. The number of nitrogens with zero attached hydrogens (tertiary/aromatic N) is 2. The summed E-state index contributed by atoms with van der Waals surface area (Å²) >= 11 is 8.80. The molecule has 144 valence electrons. The number of carbonyl (C=O) groups excluding carboxylic acids is 1. The predicted octanol–water partition coefficient (Wildman–Crippen LogP) is 5.69. The van der Waals surface area contributed by atoms with Crippen LogP contribution in [-0.4, -0.2) is 21.8 Å². The molecular weight excluding hydrogens is 601 g/mol. The highest BCUT2D eigenvalue weighted by molar-refractivity contribution is 14.1. The molecule has 0 saturated carbocycles. The topological polar surface area (TPSA) is 66.6 Å². The Balaban J connectivity index is 1.81. The van der Waals surface area contributed by atoms with Crippen LogP contribution >= 0.6 is 54.5 Å². The second-order valence-electron chi connectivity index (χ2n) is 6.12. The fraction of sp³-hybridized carbons (Fsp3) is 0.100. The molecule has 3 rings (SSSR count). The summed E-state index contributed by atoms with van der Waals surface area (Å²) < 4.78 is 4.41. The number of aromatic hydroxyl groups is 1. The number of halogens is 3. The van der Waals surface area contributed by atoms with E-state index in [9.17, 15) is 9.90 Å². The molecule has 0 radical (unpaired) electrons. The van der Waals surface area contributed by atoms with Gasteiger partial charge in [-0.1, -0.05) is 15.9 Å². The van der Waals surface area contributed by atoms with Crippen molar-refractivity contribution in [2.24, 2.45) is 5.10 Å². The van der Waals surface area contributed by atoms with E-state index in [0.717, 1.165) is 22.6 Å². The molecule has 5 nitrogen and oxygen atoms in total. The maximum atomic E-state index is 12.3. The normalized spacial score (nSPS) is 11.2. The number of phenols is 1. The van der Waals surface area contributed by atoms with Crippen LogP contribution in [0.3, 0.4) is 0 Å². The van der Waals surface area contributed by atoms with Gasteiger partial charge in [-0.25, -0.2) is 5.43 Å². The van der Waals surface area contributed by atoms with Crippen molar-refractivity contribution in [3.05, 3.63) is 77.5 Å². The minimum atomic E-state index is -0.498. The van der Waals surface area contributed by atoms with Crippen LogP contribution in [0.2, 0.25) is 0 Å². The van der Waals surface area contributed by atoms with E-state index in [1.807, 2.05) is 19.9 Å². The summed E-state index contributed by atoms with van der Waals surface area (Å²) in [5.74, 6) is -0.630. The second kappa shape index (κ2) is 8.79. The van der Waals surface area contributed by atoms with Crippen LogP contribution in [0.15, 0.2) is 56.5 Å². The van der Waals surface area contributed by atoms with E-state index < -0.39 is 5.91 Å². The van der Waals surface area contributed by atoms with Gasteiger partial charge in [-0.15, -0.1) is 0 Å². The number of benzene rings is 2. The van der Waals surface area contributed by atoms with Gasteiger partial charge in [-0.2, -0.15) is 5.10 Å². The Morgan fingerprint density at radius 3 is 2.54 bits per heavy atom. The molecular formula is C20H16Br2IN3O2. The van der Waals surface area contributed by atoms with E-state index in [1.54, 1.807) is 12.3 Å². The lowest BCUT2D eigenvalue weighted by atomic mass is 10.2. The molecule has 0 fully saturated rings. The molecule has 0 unspecified atom stereocenters. The zero-order chi connectivity index (χ0) is 20.4. The number of hydrogen-bond acceptors (Lipinski definition) is 3. The minimum absolute atomic E-state index is 0.128. The van der Waals surface area contributed by atoms with Gasteiger partial charge in [-0.3, -0.25) is 4.79 Å². The summed E-state index contributed by atoms with van der Waals surface area (Å²) in [5.41, 5.74) is 6.65. The molecule has 1 amide bonds. The van der Waals surface area contributed by atoms with Gasteiger partial charge in [-0.05, 0) is 94.8 Å². The summed E-state index contributed by atoms with van der Waals surface area (Å²) in [4.78, 5) is 12.3. The molecule has 0 saturated heterocycles. The van der Waals surface area contributed by atoms with Crippen molar-refractivity contribution in [3.8, 4) is 11.4 Å². The standard InChI is InChI=1S/C20H16Br2IN3O2/c1-11-7-13(12(2)26(11)16-5-3-15(23)4-6-16)10-24-25-20(28)17-8-14(21)9-18(22)19(17)27/h3-10,27H,1-2H3,(H,25,28)/b24-10+. The Morgan fingerprint density at radius 2 is 1.86 bits per heavy atom. The van der Waals surface area contributed by atoms with E-state index in [2.05, 4.69) is 93.8 Å². The molecule has 0 spiro atoms. The number of phenolic OH excluding ortho intramolecular Hbond substituents is 1. The molecule has 1 heterocycles. The molecule has 2 N–H and O–H groups in total. The Morgan fingerprint density at radius 1 is 1.18 bits per heavy atom. The first-order valence-electron chi connectivity index (χ1n) is 8.24. The number of aromatic nitrogens is 1. The van der Waals surface area contributed by atoms with E-state index in [1.165, 1.54) is 9.64 Å². The van der Waals surface area contributed by atoms with Gasteiger partial charge in [0, 0.05) is 30.7 Å². The molecule has 8 heteroatoms. The second-order valence-corrected chi connectivity index (χ2v) is 9.14. The van der Waals surface area contributed by atoms with Gasteiger partial charge >= 0.3 is 0 Å². The predicted molar refractivity (Wildman–Crippen MR) is 127 cm³/mol. The lowest BCUT2D eigenvalue weighted by molar-refractivity contribution is 0.0952. The van der Waals surface area contributed by atoms with Gasteiger partial charge in [0.2, 0.25) is 0 Å². The van der Waals surface area contributed by atoms with Crippen LogP contribution in [0.25, 0.3) is 5.69 Å². The fourth-order valence-electron chi connectivity index (χ4n) is 2.87. The highest BCUT2D eigenvalue weighted by Crippen LogP contribution is 2.31. The lowest BCUT2D eigenvalue weighted by Gasteiger charge is -2.09. The molecule has 0 aliphatic heterocycles. The third kappa shape index (κ3) is 4.49. The van der Waals surface area contributed by atoms with Crippen LogP contribution in [0.5, 0.6) is 5.75 Å². The summed E-state index contributed by atoms with van der Waals surface area (Å²) in [6.45, 7) is 4.03. The smallest absolute Gasteiger partial charge is 0.275 e. The van der Waals surface area contributed by atoms with Crippen LogP contribution < -0.4 is 5.43 Å². The van der Waals surface area contributed by atoms with Crippen LogP contribution in [0.1, 0.15) is 27.3 Å². The zero-order valence-corrected chi connectivity index (χ0v) is 20.3. The molecule has 2 aromatic carbocycles. The van der Waals surface area contributed by atoms with Crippen molar-refractivity contribution in [1.82, 2.24) is 9.99 Å². The van der Waals surface area contributed by atoms with Crippen molar-refractivity contribution in [1.29, 1.82) is 0 Å². The Labute approximate surface area is 193 Å². The summed E-state index contributed by atoms with van der Waals surface area (Å²) in [6, 6.07) is 13.5. The summed E-state index contributed by atoms with van der Waals surface area (Å²) in [6.07, 6.45) is 1.60. The van der Waals surface area contributed by atoms with Gasteiger partial charge in [0.15, 0.2) is 0 Å². The molecule has 1 aromatic heterocycles. The zero-order valence-electron chi connectivity index (χ0n) is 15.0. The molecule has 0 aliphatic rings. The number of amides is 1. The third-order valence-corrected chi connectivity index (χ3v) is 5.98. The fourth-order valence-corrected chi connectivity index (χ4v) is 4.45. The molecule has 0 aliphatic carbocycles. The number of carbonyl (C=O) groups is 1. The first kappa shape index (κ1) is 21.1. The van der Waals surface area contributed by atoms with Gasteiger partial charge < -0.3 is 9.67 Å². The SMILES string of the molecule is Cc1cc(/C=N/NC(=O)c2cc(Br)cc(Br)c2O)c(C)n1-c1ccc(I)cc1. The average molecular weight is 617 g/mol. The van der Waals surface area contributed by atoms with E-state index >= 15 is 0 Å². The van der Waals surface area contributed by atoms with Crippen LogP contribution in [0, 0.1) is 17.4 Å². The quantitative estimate of drug-likeness (QED) is 0.225. The lowest BCUT2D eigenvalue weighted by Crippen LogP contribution is -2.18. The molecule has 0 atom stereocenters. The number of rotatable bonds is 4. The maximum Gasteiger partial charge on any atom is 0.275 e. The number of hydrazone groups is 1. The van der Waals surface area contributed by atoms with Gasteiger partial charge in [0.05, 0.1) is 16.3 Å². The Bertz CT molecular complexity index is 1080. The number of nitrogens with one attached hydrogen (secondary N) is 1. The molecule has 3 aromatic rings. The highest BCUT2D eigenvalue weighted by atomic mass is 127.